The molecule has 1 amide bonds. The highest BCUT2D eigenvalue weighted by molar-refractivity contribution is 5.88. The Morgan fingerprint density at radius 3 is 2.33 bits per heavy atom. The third-order valence-corrected chi connectivity index (χ3v) is 4.29. The fourth-order valence-electron chi connectivity index (χ4n) is 2.84. The molecule has 0 saturated heterocycles. The minimum atomic E-state index is -4.20. The van der Waals surface area contributed by atoms with Gasteiger partial charge in [0.25, 0.3) is 0 Å². The number of amides is 1. The van der Waals surface area contributed by atoms with E-state index in [2.05, 4.69) is 5.32 Å². The molecule has 21 heavy (non-hydrogen) atoms. The number of hydrogen-bond donors (Lipinski definition) is 2. The lowest BCUT2D eigenvalue weighted by molar-refractivity contribution is -0.184. The van der Waals surface area contributed by atoms with Crippen molar-refractivity contribution >= 4 is 11.6 Å². The van der Waals surface area contributed by atoms with Gasteiger partial charge >= 0.3 is 6.18 Å². The molecule has 1 saturated carbocycles. The zero-order valence-electron chi connectivity index (χ0n) is 11.8. The number of nitrogens with one attached hydrogen (secondary N) is 1. The number of aryl methyl sites for hydroxylation is 1. The Bertz CT molecular complexity index is 520. The molecule has 6 heteroatoms. The van der Waals surface area contributed by atoms with Gasteiger partial charge in [0.05, 0.1) is 5.92 Å². The molecule has 1 aliphatic rings. The Morgan fingerprint density at radius 1 is 1.29 bits per heavy atom. The van der Waals surface area contributed by atoms with E-state index < -0.39 is 23.5 Å². The number of carbonyl (C=O) groups is 1. The summed E-state index contributed by atoms with van der Waals surface area (Å²) in [5.41, 5.74) is 6.05. The molecule has 116 valence electrons. The van der Waals surface area contributed by atoms with Crippen LogP contribution in [0.3, 0.4) is 0 Å². The van der Waals surface area contributed by atoms with Crippen LogP contribution in [0.15, 0.2) is 24.3 Å². The van der Waals surface area contributed by atoms with E-state index in [1.807, 2.05) is 25.1 Å². The van der Waals surface area contributed by atoms with Crippen molar-refractivity contribution in [3.8, 4) is 0 Å². The molecule has 0 radical (unpaired) electrons. The molecule has 1 aliphatic carbocycles. The van der Waals surface area contributed by atoms with Crippen LogP contribution in [-0.2, 0) is 4.79 Å². The summed E-state index contributed by atoms with van der Waals surface area (Å²) in [7, 11) is 0. The first-order valence-corrected chi connectivity index (χ1v) is 6.95. The summed E-state index contributed by atoms with van der Waals surface area (Å²) >= 11 is 0. The van der Waals surface area contributed by atoms with Crippen LogP contribution in [-0.4, -0.2) is 17.6 Å². The van der Waals surface area contributed by atoms with E-state index in [9.17, 15) is 18.0 Å². The van der Waals surface area contributed by atoms with Gasteiger partial charge in [0.15, 0.2) is 0 Å². The van der Waals surface area contributed by atoms with Gasteiger partial charge < -0.3 is 11.1 Å². The zero-order chi connectivity index (χ0) is 15.7. The normalized spacial score (nSPS) is 26.4. The highest BCUT2D eigenvalue weighted by atomic mass is 19.4. The van der Waals surface area contributed by atoms with Crippen LogP contribution >= 0.6 is 0 Å². The van der Waals surface area contributed by atoms with Crippen molar-refractivity contribution in [2.45, 2.75) is 44.3 Å². The Morgan fingerprint density at radius 2 is 1.86 bits per heavy atom. The first-order chi connectivity index (χ1) is 9.74. The lowest BCUT2D eigenvalue weighted by atomic mass is 9.75. The first kappa shape index (κ1) is 15.7. The van der Waals surface area contributed by atoms with Gasteiger partial charge in [-0.3, -0.25) is 4.79 Å². The van der Waals surface area contributed by atoms with Gasteiger partial charge in [0, 0.05) is 5.69 Å². The second-order valence-electron chi connectivity index (χ2n) is 5.70. The van der Waals surface area contributed by atoms with Crippen molar-refractivity contribution in [3.63, 3.8) is 0 Å². The van der Waals surface area contributed by atoms with E-state index >= 15 is 0 Å². The van der Waals surface area contributed by atoms with E-state index in [-0.39, 0.29) is 25.7 Å². The average Bonchev–Trinajstić information content (AvgIpc) is 2.41. The maximum atomic E-state index is 12.7. The van der Waals surface area contributed by atoms with Crippen molar-refractivity contribution in [1.29, 1.82) is 0 Å². The van der Waals surface area contributed by atoms with Crippen molar-refractivity contribution < 1.29 is 18.0 Å². The molecular formula is C15H19F3N2O. The molecule has 0 unspecified atom stereocenters. The Labute approximate surface area is 121 Å². The van der Waals surface area contributed by atoms with E-state index in [0.29, 0.717) is 0 Å². The molecule has 1 aromatic rings. The molecule has 3 nitrogen and oxygen atoms in total. The van der Waals surface area contributed by atoms with Crippen molar-refractivity contribution in [2.24, 2.45) is 11.7 Å². The fourth-order valence-corrected chi connectivity index (χ4v) is 2.84. The van der Waals surface area contributed by atoms with Crippen LogP contribution in [0.2, 0.25) is 0 Å². The number of nitrogens with two attached hydrogens (primary N) is 1. The molecule has 1 aromatic carbocycles. The summed E-state index contributed by atoms with van der Waals surface area (Å²) in [6.07, 6.45) is -4.16. The Hall–Kier alpha value is -1.72. The highest BCUT2D eigenvalue weighted by Gasteiger charge is 2.48. The predicted octanol–water partition coefficient (Wildman–Crippen LogP) is 3.38. The van der Waals surface area contributed by atoms with Crippen LogP contribution < -0.4 is 11.1 Å². The number of anilines is 1. The van der Waals surface area contributed by atoms with Crippen molar-refractivity contribution in [3.05, 3.63) is 29.8 Å². The molecule has 0 bridgehead atoms. The first-order valence-electron chi connectivity index (χ1n) is 6.95. The topological polar surface area (TPSA) is 55.1 Å². The summed E-state index contributed by atoms with van der Waals surface area (Å²) in [6, 6.07) is 7.34. The third-order valence-electron chi connectivity index (χ3n) is 4.29. The predicted molar refractivity (Wildman–Crippen MR) is 74.7 cm³/mol. The number of hydrogen-bond acceptors (Lipinski definition) is 2. The smallest absolute Gasteiger partial charge is 0.371 e. The lowest BCUT2D eigenvalue weighted by Gasteiger charge is -2.39. The second-order valence-corrected chi connectivity index (χ2v) is 5.70. The molecular weight excluding hydrogens is 281 g/mol. The molecule has 1 fully saturated rings. The van der Waals surface area contributed by atoms with Crippen molar-refractivity contribution in [2.75, 3.05) is 5.32 Å². The summed E-state index contributed by atoms with van der Waals surface area (Å²) in [4.78, 5) is 11.8. The number of carbonyl (C=O) groups excluding carboxylic acids is 1. The average molecular weight is 300 g/mol. The molecule has 3 N–H and O–H groups in total. The van der Waals surface area contributed by atoms with Crippen LogP contribution in [0.1, 0.15) is 31.2 Å². The monoisotopic (exact) mass is 300 g/mol. The van der Waals surface area contributed by atoms with Gasteiger partial charge in [-0.1, -0.05) is 18.2 Å². The number of para-hydroxylation sites is 1. The van der Waals surface area contributed by atoms with Gasteiger partial charge in [0.2, 0.25) is 5.91 Å². The van der Waals surface area contributed by atoms with Gasteiger partial charge in [-0.25, -0.2) is 0 Å². The van der Waals surface area contributed by atoms with Crippen LogP contribution in [0.25, 0.3) is 0 Å². The summed E-state index contributed by atoms with van der Waals surface area (Å²) < 4.78 is 38.2. The van der Waals surface area contributed by atoms with E-state index in [0.717, 1.165) is 11.3 Å². The van der Waals surface area contributed by atoms with Gasteiger partial charge in [0.1, 0.15) is 5.54 Å². The quantitative estimate of drug-likeness (QED) is 0.899. The summed E-state index contributed by atoms with van der Waals surface area (Å²) in [6.45, 7) is 1.87. The Kier molecular flexibility index (Phi) is 4.16. The second kappa shape index (κ2) is 5.58. The van der Waals surface area contributed by atoms with Crippen LogP contribution in [0.5, 0.6) is 0 Å². The molecule has 0 heterocycles. The maximum Gasteiger partial charge on any atom is 0.391 e. The number of rotatable bonds is 3. The minimum absolute atomic E-state index is 0.0781. The SMILES string of the molecule is Cc1ccccc1NC1(C(N)=O)CCC(C(F)(F)F)CC1. The van der Waals surface area contributed by atoms with E-state index in [1.165, 1.54) is 0 Å². The third kappa shape index (κ3) is 3.31. The van der Waals surface area contributed by atoms with E-state index in [1.54, 1.807) is 6.07 Å². The van der Waals surface area contributed by atoms with Gasteiger partial charge in [-0.2, -0.15) is 13.2 Å². The molecule has 0 aliphatic heterocycles. The van der Waals surface area contributed by atoms with Gasteiger partial charge in [-0.15, -0.1) is 0 Å². The molecule has 0 aromatic heterocycles. The van der Waals surface area contributed by atoms with E-state index in [4.69, 9.17) is 5.73 Å². The number of halogens is 3. The summed E-state index contributed by atoms with van der Waals surface area (Å²) in [5.74, 6) is -1.94. The lowest BCUT2D eigenvalue weighted by Crippen LogP contribution is -2.53. The number of benzene rings is 1. The zero-order valence-corrected chi connectivity index (χ0v) is 11.8. The largest absolute Gasteiger partial charge is 0.391 e. The molecule has 0 atom stereocenters. The maximum absolute atomic E-state index is 12.7. The fraction of sp³-hybridized carbons (Fsp3) is 0.533. The Balaban J connectivity index is 2.17. The van der Waals surface area contributed by atoms with Crippen LogP contribution in [0.4, 0.5) is 18.9 Å². The standard InChI is InChI=1S/C15H19F3N2O/c1-10-4-2-3-5-12(10)20-14(13(19)21)8-6-11(7-9-14)15(16,17)18/h2-5,11,20H,6-9H2,1H3,(H2,19,21). The van der Waals surface area contributed by atoms with Crippen LogP contribution in [0, 0.1) is 12.8 Å². The van der Waals surface area contributed by atoms with Crippen molar-refractivity contribution in [1.82, 2.24) is 0 Å². The minimum Gasteiger partial charge on any atom is -0.371 e. The molecule has 0 spiro atoms. The number of alkyl halides is 3. The molecule has 2 rings (SSSR count). The number of primary amides is 1. The van der Waals surface area contributed by atoms with Gasteiger partial charge in [-0.05, 0) is 44.2 Å². The highest BCUT2D eigenvalue weighted by Crippen LogP contribution is 2.42. The summed E-state index contributed by atoms with van der Waals surface area (Å²) in [5, 5.41) is 3.09.